The van der Waals surface area contributed by atoms with E-state index in [4.69, 9.17) is 5.11 Å². The summed E-state index contributed by atoms with van der Waals surface area (Å²) < 4.78 is 38.5. The van der Waals surface area contributed by atoms with Crippen molar-refractivity contribution >= 4 is 40.7 Å². The van der Waals surface area contributed by atoms with Gasteiger partial charge in [0.15, 0.2) is 5.69 Å². The van der Waals surface area contributed by atoms with Gasteiger partial charge in [-0.1, -0.05) is 12.1 Å². The number of carbonyl (C=O) groups is 2. The third kappa shape index (κ3) is 5.75. The Balaban J connectivity index is 2.01. The molecule has 2 rings (SSSR count). The lowest BCUT2D eigenvalue weighted by Gasteiger charge is -2.09. The first kappa shape index (κ1) is 19.3. The quantitative estimate of drug-likeness (QED) is 0.695. The van der Waals surface area contributed by atoms with Crippen molar-refractivity contribution in [3.05, 3.63) is 45.9 Å². The van der Waals surface area contributed by atoms with Crippen LogP contribution in [0.1, 0.15) is 27.3 Å². The molecule has 0 aliphatic rings. The number of alkyl halides is 3. The summed E-state index contributed by atoms with van der Waals surface area (Å²) >= 11 is 1.78. The zero-order valence-corrected chi connectivity index (χ0v) is 14.3. The summed E-state index contributed by atoms with van der Waals surface area (Å²) in [4.78, 5) is 25.0. The van der Waals surface area contributed by atoms with E-state index in [-0.39, 0.29) is 6.42 Å². The predicted molar refractivity (Wildman–Crippen MR) is 89.9 cm³/mol. The van der Waals surface area contributed by atoms with Crippen molar-refractivity contribution in [2.45, 2.75) is 18.3 Å². The van der Waals surface area contributed by atoms with Gasteiger partial charge in [0.25, 0.3) is 5.91 Å². The fraction of sp³-hybridized carbons (Fsp3) is 0.267. The van der Waals surface area contributed by atoms with Crippen LogP contribution in [0.15, 0.2) is 29.8 Å². The van der Waals surface area contributed by atoms with Crippen LogP contribution in [0.4, 0.5) is 18.9 Å². The van der Waals surface area contributed by atoms with Crippen LogP contribution in [0.3, 0.4) is 0 Å². The highest BCUT2D eigenvalue weighted by Crippen LogP contribution is 2.35. The molecule has 10 heteroatoms. The predicted octanol–water partition coefficient (Wildman–Crippen LogP) is 4.12. The van der Waals surface area contributed by atoms with Gasteiger partial charge in [-0.3, -0.25) is 9.59 Å². The lowest BCUT2D eigenvalue weighted by atomic mass is 10.2. The fourth-order valence-corrected chi connectivity index (χ4v) is 3.42. The number of carbonyl (C=O) groups excluding carboxylic acids is 1. The Bertz CT molecular complexity index is 762. The number of carboxylic acids is 1. The van der Waals surface area contributed by atoms with E-state index in [9.17, 15) is 22.8 Å². The lowest BCUT2D eigenvalue weighted by Crippen LogP contribution is -2.17. The van der Waals surface area contributed by atoms with E-state index in [1.165, 1.54) is 11.8 Å². The van der Waals surface area contributed by atoms with Gasteiger partial charge in [-0.15, -0.1) is 11.3 Å². The van der Waals surface area contributed by atoms with Crippen molar-refractivity contribution < 1.29 is 27.9 Å². The molecular formula is C15H13F3N2O3S2. The normalized spacial score (nSPS) is 11.3. The van der Waals surface area contributed by atoms with Gasteiger partial charge in [0.05, 0.1) is 11.9 Å². The fourth-order valence-electron chi connectivity index (χ4n) is 1.89. The second kappa shape index (κ2) is 8.34. The third-order valence-corrected chi connectivity index (χ3v) is 4.86. The van der Waals surface area contributed by atoms with E-state index in [1.807, 2.05) is 0 Å². The first-order chi connectivity index (χ1) is 11.8. The third-order valence-electron chi connectivity index (χ3n) is 2.95. The van der Waals surface area contributed by atoms with Gasteiger partial charge >= 0.3 is 12.1 Å². The highest BCUT2D eigenvalue weighted by molar-refractivity contribution is 7.98. The van der Waals surface area contributed by atoms with Crippen LogP contribution in [0.2, 0.25) is 0 Å². The summed E-state index contributed by atoms with van der Waals surface area (Å²) in [5.41, 5.74) is 1.50. The van der Waals surface area contributed by atoms with Gasteiger partial charge in [-0.2, -0.15) is 24.9 Å². The first-order valence-electron chi connectivity index (χ1n) is 6.98. The summed E-state index contributed by atoms with van der Waals surface area (Å²) in [6.07, 6.45) is -4.58. The van der Waals surface area contributed by atoms with Crippen LogP contribution < -0.4 is 5.32 Å². The number of nitrogens with one attached hydrogen (secondary N) is 1. The molecule has 0 atom stereocenters. The Morgan fingerprint density at radius 1 is 1.32 bits per heavy atom. The summed E-state index contributed by atoms with van der Waals surface area (Å²) in [5, 5.41) is 11.0. The van der Waals surface area contributed by atoms with Crippen molar-refractivity contribution in [2.75, 3.05) is 11.1 Å². The van der Waals surface area contributed by atoms with Gasteiger partial charge in [-0.05, 0) is 17.7 Å². The van der Waals surface area contributed by atoms with E-state index in [2.05, 4.69) is 10.3 Å². The number of nitrogens with zero attached hydrogens (tertiary/aromatic N) is 1. The van der Waals surface area contributed by atoms with Gasteiger partial charge in [-0.25, -0.2) is 4.98 Å². The van der Waals surface area contributed by atoms with Gasteiger partial charge < -0.3 is 10.4 Å². The van der Waals surface area contributed by atoms with E-state index < -0.39 is 28.6 Å². The molecule has 2 N–H and O–H groups in total. The van der Waals surface area contributed by atoms with Crippen LogP contribution in [-0.4, -0.2) is 27.7 Å². The molecule has 0 saturated heterocycles. The number of thioether (sulfide) groups is 1. The highest BCUT2D eigenvalue weighted by Gasteiger charge is 2.38. The van der Waals surface area contributed by atoms with Crippen molar-refractivity contribution in [2.24, 2.45) is 0 Å². The Labute approximate surface area is 149 Å². The summed E-state index contributed by atoms with van der Waals surface area (Å²) in [6.45, 7) is 0. The molecule has 0 unspecified atom stereocenters. The molecular weight excluding hydrogens is 377 g/mol. The van der Waals surface area contributed by atoms with Crippen LogP contribution in [-0.2, 0) is 16.7 Å². The number of hydrogen-bond acceptors (Lipinski definition) is 5. The number of aliphatic carboxylic acids is 1. The second-order valence-corrected chi connectivity index (χ2v) is 6.84. The standard InChI is InChI=1S/C15H13F3N2O3S2/c16-15(17,18)13-12(19-8-25-13)14(23)20-10-3-1-2-9(6-10)7-24-5-4-11(21)22/h1-3,6,8H,4-5,7H2,(H,20,23)(H,21,22). The number of halogens is 3. The van der Waals surface area contributed by atoms with E-state index >= 15 is 0 Å². The molecule has 25 heavy (non-hydrogen) atoms. The average Bonchev–Trinajstić information content (AvgIpc) is 3.02. The van der Waals surface area contributed by atoms with Crippen LogP contribution in [0.25, 0.3) is 0 Å². The number of hydrogen-bond donors (Lipinski definition) is 2. The summed E-state index contributed by atoms with van der Waals surface area (Å²) in [7, 11) is 0. The zero-order valence-electron chi connectivity index (χ0n) is 12.7. The monoisotopic (exact) mass is 390 g/mol. The minimum Gasteiger partial charge on any atom is -0.481 e. The molecule has 134 valence electrons. The molecule has 0 spiro atoms. The summed E-state index contributed by atoms with van der Waals surface area (Å²) in [5.74, 6) is -0.831. The van der Waals surface area contributed by atoms with E-state index in [0.717, 1.165) is 11.1 Å². The van der Waals surface area contributed by atoms with Crippen molar-refractivity contribution in [3.63, 3.8) is 0 Å². The highest BCUT2D eigenvalue weighted by atomic mass is 32.2. The number of thiazole rings is 1. The number of rotatable bonds is 7. The molecule has 1 aromatic heterocycles. The minimum atomic E-state index is -4.63. The maximum absolute atomic E-state index is 12.8. The van der Waals surface area contributed by atoms with Crippen LogP contribution >= 0.6 is 23.1 Å². The average molecular weight is 390 g/mol. The molecule has 0 radical (unpaired) electrons. The van der Waals surface area contributed by atoms with Gasteiger partial charge in [0.2, 0.25) is 0 Å². The lowest BCUT2D eigenvalue weighted by molar-refractivity contribution is -0.136. The van der Waals surface area contributed by atoms with Crippen molar-refractivity contribution in [3.8, 4) is 0 Å². The van der Waals surface area contributed by atoms with E-state index in [1.54, 1.807) is 24.3 Å². The SMILES string of the molecule is O=C(O)CCSCc1cccc(NC(=O)c2ncsc2C(F)(F)F)c1. The number of amides is 1. The molecule has 0 saturated carbocycles. The molecule has 1 amide bonds. The molecule has 1 aromatic carbocycles. The molecule has 1 heterocycles. The Morgan fingerprint density at radius 2 is 2.08 bits per heavy atom. The molecule has 5 nitrogen and oxygen atoms in total. The number of benzene rings is 1. The maximum atomic E-state index is 12.8. The molecule has 2 aromatic rings. The van der Waals surface area contributed by atoms with Gasteiger partial charge in [0, 0.05) is 17.2 Å². The first-order valence-corrected chi connectivity index (χ1v) is 9.01. The van der Waals surface area contributed by atoms with Gasteiger partial charge in [0.1, 0.15) is 4.88 Å². The van der Waals surface area contributed by atoms with Crippen LogP contribution in [0.5, 0.6) is 0 Å². The molecule has 0 fully saturated rings. The van der Waals surface area contributed by atoms with Crippen LogP contribution in [0, 0.1) is 0 Å². The Morgan fingerprint density at radius 3 is 2.76 bits per heavy atom. The molecule has 0 aliphatic carbocycles. The molecule has 0 aliphatic heterocycles. The number of anilines is 1. The smallest absolute Gasteiger partial charge is 0.427 e. The zero-order chi connectivity index (χ0) is 18.4. The Hall–Kier alpha value is -2.07. The second-order valence-electron chi connectivity index (χ2n) is 4.88. The number of carboxylic acid groups (broad SMARTS) is 1. The van der Waals surface area contributed by atoms with Crippen molar-refractivity contribution in [1.82, 2.24) is 4.98 Å². The summed E-state index contributed by atoms with van der Waals surface area (Å²) in [6, 6.07) is 6.63. The van der Waals surface area contributed by atoms with Crippen molar-refractivity contribution in [1.29, 1.82) is 0 Å². The molecule has 0 bridgehead atoms. The Kier molecular flexibility index (Phi) is 6.43. The largest absolute Gasteiger partial charge is 0.481 e. The minimum absolute atomic E-state index is 0.0468. The topological polar surface area (TPSA) is 79.3 Å². The van der Waals surface area contributed by atoms with E-state index in [0.29, 0.717) is 28.5 Å². The maximum Gasteiger partial charge on any atom is 0.427 e. The number of aromatic nitrogens is 1.